The number of nitrogens with one attached hydrogen (secondary N) is 2. The number of nitrogens with zero attached hydrogens (tertiary/aromatic N) is 4. The SMILES string of the molecule is CCN1CCN(c2ccc(CNC(=NC)NCC(C)Sc3ccccc3)cn2)CC1. The van der Waals surface area contributed by atoms with Crippen molar-refractivity contribution in [2.24, 2.45) is 4.99 Å². The van der Waals surface area contributed by atoms with Gasteiger partial charge in [0.05, 0.1) is 0 Å². The van der Waals surface area contributed by atoms with Gasteiger partial charge in [0.25, 0.3) is 0 Å². The molecule has 2 heterocycles. The Morgan fingerprint density at radius 2 is 1.87 bits per heavy atom. The number of anilines is 1. The van der Waals surface area contributed by atoms with Crippen LogP contribution >= 0.6 is 11.8 Å². The average molecular weight is 427 g/mol. The Morgan fingerprint density at radius 3 is 2.50 bits per heavy atom. The second kappa shape index (κ2) is 11.8. The monoisotopic (exact) mass is 426 g/mol. The largest absolute Gasteiger partial charge is 0.355 e. The Kier molecular flexibility index (Phi) is 8.83. The van der Waals surface area contributed by atoms with E-state index in [1.54, 1.807) is 0 Å². The number of thioether (sulfide) groups is 1. The summed E-state index contributed by atoms with van der Waals surface area (Å²) in [4.78, 5) is 15.2. The van der Waals surface area contributed by atoms with E-state index in [0.717, 1.165) is 56.6 Å². The highest BCUT2D eigenvalue weighted by atomic mass is 32.2. The molecule has 0 amide bonds. The molecule has 0 aliphatic carbocycles. The summed E-state index contributed by atoms with van der Waals surface area (Å²) in [7, 11) is 1.81. The molecular formula is C23H34N6S. The van der Waals surface area contributed by atoms with Crippen molar-refractivity contribution >= 4 is 23.5 Å². The fourth-order valence-electron chi connectivity index (χ4n) is 3.42. The molecule has 1 saturated heterocycles. The van der Waals surface area contributed by atoms with Gasteiger partial charge in [-0.25, -0.2) is 4.98 Å². The van der Waals surface area contributed by atoms with Crippen LogP contribution in [0.25, 0.3) is 0 Å². The first-order chi connectivity index (χ1) is 14.7. The van der Waals surface area contributed by atoms with Crippen molar-refractivity contribution in [1.29, 1.82) is 0 Å². The number of benzene rings is 1. The van der Waals surface area contributed by atoms with Gasteiger partial charge in [-0.15, -0.1) is 11.8 Å². The van der Waals surface area contributed by atoms with Crippen LogP contribution in [0.15, 0.2) is 58.5 Å². The van der Waals surface area contributed by atoms with Gasteiger partial charge in [-0.05, 0) is 30.3 Å². The average Bonchev–Trinajstić information content (AvgIpc) is 2.80. The van der Waals surface area contributed by atoms with Gasteiger partial charge in [0.15, 0.2) is 5.96 Å². The summed E-state index contributed by atoms with van der Waals surface area (Å²) in [5.74, 6) is 1.89. The number of aromatic nitrogens is 1. The first kappa shape index (κ1) is 22.4. The molecule has 1 aliphatic rings. The van der Waals surface area contributed by atoms with Crippen LogP contribution in [0.1, 0.15) is 19.4 Å². The molecule has 2 N–H and O–H groups in total. The summed E-state index contributed by atoms with van der Waals surface area (Å²) in [5.41, 5.74) is 1.15. The number of pyridine rings is 1. The van der Waals surface area contributed by atoms with Crippen LogP contribution in [0.2, 0.25) is 0 Å². The third kappa shape index (κ3) is 6.92. The van der Waals surface area contributed by atoms with Crippen molar-refractivity contribution in [3.8, 4) is 0 Å². The molecule has 162 valence electrons. The van der Waals surface area contributed by atoms with Crippen LogP contribution in [-0.2, 0) is 6.54 Å². The smallest absolute Gasteiger partial charge is 0.191 e. The molecule has 1 atom stereocenters. The first-order valence-electron chi connectivity index (χ1n) is 10.8. The molecule has 1 aromatic heterocycles. The molecule has 0 radical (unpaired) electrons. The van der Waals surface area contributed by atoms with Crippen LogP contribution in [0.4, 0.5) is 5.82 Å². The van der Waals surface area contributed by atoms with Crippen molar-refractivity contribution in [3.05, 3.63) is 54.2 Å². The molecule has 0 saturated carbocycles. The highest BCUT2D eigenvalue weighted by molar-refractivity contribution is 8.00. The molecule has 1 aromatic carbocycles. The molecule has 2 aromatic rings. The van der Waals surface area contributed by atoms with Crippen molar-refractivity contribution in [2.75, 3.05) is 51.2 Å². The van der Waals surface area contributed by atoms with Gasteiger partial charge in [0, 0.05) is 62.7 Å². The van der Waals surface area contributed by atoms with Crippen LogP contribution < -0.4 is 15.5 Å². The minimum absolute atomic E-state index is 0.445. The fraction of sp³-hybridized carbons (Fsp3) is 0.478. The quantitative estimate of drug-likeness (QED) is 0.384. The number of guanidine groups is 1. The molecule has 0 bridgehead atoms. The van der Waals surface area contributed by atoms with Crippen LogP contribution in [0.3, 0.4) is 0 Å². The summed E-state index contributed by atoms with van der Waals surface area (Å²) in [6, 6.07) is 14.8. The maximum atomic E-state index is 4.68. The number of hydrogen-bond donors (Lipinski definition) is 2. The number of piperazine rings is 1. The van der Waals surface area contributed by atoms with Gasteiger partial charge < -0.3 is 20.4 Å². The van der Waals surface area contributed by atoms with E-state index in [2.05, 4.69) is 80.7 Å². The van der Waals surface area contributed by atoms with Gasteiger partial charge in [0.2, 0.25) is 0 Å². The van der Waals surface area contributed by atoms with E-state index in [1.807, 2.05) is 31.1 Å². The first-order valence-corrected chi connectivity index (χ1v) is 11.6. The highest BCUT2D eigenvalue weighted by Crippen LogP contribution is 2.21. The van der Waals surface area contributed by atoms with Gasteiger partial charge in [-0.3, -0.25) is 4.99 Å². The molecule has 1 fully saturated rings. The highest BCUT2D eigenvalue weighted by Gasteiger charge is 2.16. The number of aliphatic imine (C=N–C) groups is 1. The predicted octanol–water partition coefficient (Wildman–Crippen LogP) is 3.07. The van der Waals surface area contributed by atoms with E-state index in [9.17, 15) is 0 Å². The third-order valence-electron chi connectivity index (χ3n) is 5.27. The minimum atomic E-state index is 0.445. The molecule has 1 unspecified atom stereocenters. The van der Waals surface area contributed by atoms with E-state index in [-0.39, 0.29) is 0 Å². The minimum Gasteiger partial charge on any atom is -0.355 e. The van der Waals surface area contributed by atoms with E-state index >= 15 is 0 Å². The zero-order chi connectivity index (χ0) is 21.2. The maximum Gasteiger partial charge on any atom is 0.191 e. The molecule has 30 heavy (non-hydrogen) atoms. The Hall–Kier alpha value is -2.25. The molecule has 6 nitrogen and oxygen atoms in total. The summed E-state index contributed by atoms with van der Waals surface area (Å²) in [6.07, 6.45) is 1.97. The number of rotatable bonds is 8. The molecule has 7 heteroatoms. The van der Waals surface area contributed by atoms with Crippen LogP contribution in [0, 0.1) is 0 Å². The summed E-state index contributed by atoms with van der Waals surface area (Å²) >= 11 is 1.86. The lowest BCUT2D eigenvalue weighted by atomic mass is 10.2. The summed E-state index contributed by atoms with van der Waals surface area (Å²) in [5, 5.41) is 7.25. The Labute approximate surface area is 185 Å². The van der Waals surface area contributed by atoms with Crippen molar-refractivity contribution < 1.29 is 0 Å². The van der Waals surface area contributed by atoms with Gasteiger partial charge in [-0.2, -0.15) is 0 Å². The summed E-state index contributed by atoms with van der Waals surface area (Å²) in [6.45, 7) is 11.5. The van der Waals surface area contributed by atoms with Crippen LogP contribution in [-0.4, -0.2) is 67.4 Å². The van der Waals surface area contributed by atoms with Gasteiger partial charge >= 0.3 is 0 Å². The fourth-order valence-corrected chi connectivity index (χ4v) is 4.37. The van der Waals surface area contributed by atoms with Crippen molar-refractivity contribution in [3.63, 3.8) is 0 Å². The Morgan fingerprint density at radius 1 is 1.10 bits per heavy atom. The topological polar surface area (TPSA) is 55.8 Å². The predicted molar refractivity (Wildman–Crippen MR) is 129 cm³/mol. The number of hydrogen-bond acceptors (Lipinski definition) is 5. The lowest BCUT2D eigenvalue weighted by Crippen LogP contribution is -2.46. The van der Waals surface area contributed by atoms with Crippen molar-refractivity contribution in [2.45, 2.75) is 30.5 Å². The van der Waals surface area contributed by atoms with E-state index in [0.29, 0.717) is 11.8 Å². The number of likely N-dealkylation sites (N-methyl/N-ethyl adjacent to an activating group) is 1. The Bertz CT molecular complexity index is 772. The molecule has 0 spiro atoms. The van der Waals surface area contributed by atoms with E-state index in [1.165, 1.54) is 4.90 Å². The van der Waals surface area contributed by atoms with E-state index in [4.69, 9.17) is 0 Å². The second-order valence-corrected chi connectivity index (χ2v) is 9.01. The zero-order valence-electron chi connectivity index (χ0n) is 18.3. The standard InChI is InChI=1S/C23H34N6S/c1-4-28-12-14-29(15-13-28)22-11-10-20(17-25-22)18-27-23(24-3)26-16-19(2)30-21-8-6-5-7-9-21/h5-11,17,19H,4,12-16,18H2,1-3H3,(H2,24,26,27). The third-order valence-corrected chi connectivity index (χ3v) is 6.39. The van der Waals surface area contributed by atoms with E-state index < -0.39 is 0 Å². The normalized spacial score (nSPS) is 16.4. The molecular weight excluding hydrogens is 392 g/mol. The van der Waals surface area contributed by atoms with Crippen molar-refractivity contribution in [1.82, 2.24) is 20.5 Å². The zero-order valence-corrected chi connectivity index (χ0v) is 19.2. The molecule has 3 rings (SSSR count). The maximum absolute atomic E-state index is 4.68. The lowest BCUT2D eigenvalue weighted by molar-refractivity contribution is 0.270. The van der Waals surface area contributed by atoms with Gasteiger partial charge in [-0.1, -0.05) is 38.1 Å². The Balaban J connectivity index is 1.41. The summed E-state index contributed by atoms with van der Waals surface area (Å²) < 4.78 is 0. The molecule has 1 aliphatic heterocycles. The van der Waals surface area contributed by atoms with Crippen LogP contribution in [0.5, 0.6) is 0 Å². The van der Waals surface area contributed by atoms with Gasteiger partial charge in [0.1, 0.15) is 5.82 Å². The lowest BCUT2D eigenvalue weighted by Gasteiger charge is -2.34. The second-order valence-electron chi connectivity index (χ2n) is 7.49.